The van der Waals surface area contributed by atoms with Gasteiger partial charge in [-0.1, -0.05) is 0 Å². The Balaban J connectivity index is 2.06. The molecule has 0 aliphatic carbocycles. The third-order valence-corrected chi connectivity index (χ3v) is 3.94. The number of nitrogens with zero attached hydrogens (tertiary/aromatic N) is 2. The van der Waals surface area contributed by atoms with Crippen LogP contribution >= 0.6 is 0 Å². The van der Waals surface area contributed by atoms with Gasteiger partial charge in [0.1, 0.15) is 5.76 Å². The lowest BCUT2D eigenvalue weighted by atomic mass is 10.00. The van der Waals surface area contributed by atoms with Crippen LogP contribution in [-0.2, 0) is 6.54 Å². The Bertz CT molecular complexity index is 479. The highest BCUT2D eigenvalue weighted by atomic mass is 16.4. The summed E-state index contributed by atoms with van der Waals surface area (Å²) in [5.41, 5.74) is 0.825. The maximum Gasteiger partial charge on any atom is 0.372 e. The molecule has 0 saturated carbocycles. The van der Waals surface area contributed by atoms with E-state index < -0.39 is 5.97 Å². The summed E-state index contributed by atoms with van der Waals surface area (Å²) in [5.74, 6) is -0.207. The van der Waals surface area contributed by atoms with Gasteiger partial charge in [-0.25, -0.2) is 4.79 Å². The molecular formula is C14H22N2O3. The first kappa shape index (κ1) is 14.1. The van der Waals surface area contributed by atoms with E-state index in [0.717, 1.165) is 25.4 Å². The Morgan fingerprint density at radius 3 is 2.68 bits per heavy atom. The Morgan fingerprint density at radius 2 is 2.16 bits per heavy atom. The second kappa shape index (κ2) is 4.98. The quantitative estimate of drug-likeness (QED) is 0.904. The van der Waals surface area contributed by atoms with Gasteiger partial charge >= 0.3 is 5.97 Å². The number of carboxylic acid groups (broad SMARTS) is 1. The molecule has 5 nitrogen and oxygen atoms in total. The van der Waals surface area contributed by atoms with E-state index in [-0.39, 0.29) is 11.3 Å². The minimum atomic E-state index is -0.998. The second-order valence-corrected chi connectivity index (χ2v) is 5.97. The van der Waals surface area contributed by atoms with Crippen molar-refractivity contribution in [2.75, 3.05) is 26.7 Å². The SMILES string of the molecule is Cc1cc(CN2CCN(C)C(C)(C)C2)oc1C(=O)O. The highest BCUT2D eigenvalue weighted by Crippen LogP contribution is 2.22. The monoisotopic (exact) mass is 266 g/mol. The van der Waals surface area contributed by atoms with Gasteiger partial charge in [0.05, 0.1) is 6.54 Å². The van der Waals surface area contributed by atoms with Crippen LogP contribution in [0, 0.1) is 6.92 Å². The lowest BCUT2D eigenvalue weighted by Crippen LogP contribution is -2.57. The average molecular weight is 266 g/mol. The third-order valence-electron chi connectivity index (χ3n) is 3.94. The van der Waals surface area contributed by atoms with Crippen LogP contribution in [-0.4, -0.2) is 53.1 Å². The summed E-state index contributed by atoms with van der Waals surface area (Å²) in [5, 5.41) is 8.99. The van der Waals surface area contributed by atoms with E-state index >= 15 is 0 Å². The topological polar surface area (TPSA) is 56.9 Å². The number of carboxylic acids is 1. The minimum Gasteiger partial charge on any atom is -0.475 e. The Morgan fingerprint density at radius 1 is 1.47 bits per heavy atom. The lowest BCUT2D eigenvalue weighted by molar-refractivity contribution is 0.0323. The summed E-state index contributed by atoms with van der Waals surface area (Å²) in [6, 6.07) is 1.83. The van der Waals surface area contributed by atoms with Crippen LogP contribution in [0.1, 0.15) is 35.7 Å². The molecule has 1 aromatic heterocycles. The molecule has 5 heteroatoms. The Labute approximate surface area is 113 Å². The van der Waals surface area contributed by atoms with Crippen molar-refractivity contribution in [1.82, 2.24) is 9.80 Å². The van der Waals surface area contributed by atoms with Crippen LogP contribution in [0.15, 0.2) is 10.5 Å². The number of likely N-dealkylation sites (N-methyl/N-ethyl adjacent to an activating group) is 1. The molecular weight excluding hydrogens is 244 g/mol. The van der Waals surface area contributed by atoms with Crippen LogP contribution in [0.25, 0.3) is 0 Å². The van der Waals surface area contributed by atoms with Gasteiger partial charge in [0.15, 0.2) is 0 Å². The summed E-state index contributed by atoms with van der Waals surface area (Å²) < 4.78 is 5.42. The van der Waals surface area contributed by atoms with Crippen molar-refractivity contribution >= 4 is 5.97 Å². The van der Waals surface area contributed by atoms with Crippen LogP contribution < -0.4 is 0 Å². The van der Waals surface area contributed by atoms with E-state index in [1.54, 1.807) is 6.92 Å². The first-order chi connectivity index (χ1) is 8.79. The molecule has 1 aliphatic heterocycles. The number of hydrogen-bond acceptors (Lipinski definition) is 4. The number of aryl methyl sites for hydroxylation is 1. The maximum atomic E-state index is 11.0. The van der Waals surface area contributed by atoms with Crippen molar-refractivity contribution < 1.29 is 14.3 Å². The van der Waals surface area contributed by atoms with E-state index in [1.807, 2.05) is 6.07 Å². The molecule has 1 aromatic rings. The fraction of sp³-hybridized carbons (Fsp3) is 0.643. The van der Waals surface area contributed by atoms with E-state index in [0.29, 0.717) is 12.1 Å². The molecule has 0 radical (unpaired) electrons. The number of hydrogen-bond donors (Lipinski definition) is 1. The third kappa shape index (κ3) is 2.98. The summed E-state index contributed by atoms with van der Waals surface area (Å²) in [6.07, 6.45) is 0. The van der Waals surface area contributed by atoms with E-state index in [1.165, 1.54) is 0 Å². The first-order valence-corrected chi connectivity index (χ1v) is 6.56. The highest BCUT2D eigenvalue weighted by Gasteiger charge is 2.31. The van der Waals surface area contributed by atoms with Gasteiger partial charge in [0.2, 0.25) is 5.76 Å². The summed E-state index contributed by atoms with van der Waals surface area (Å²) >= 11 is 0. The van der Waals surface area contributed by atoms with Gasteiger partial charge in [-0.05, 0) is 33.9 Å². The van der Waals surface area contributed by atoms with Gasteiger partial charge in [0.25, 0.3) is 0 Å². The molecule has 0 aromatic carbocycles. The smallest absolute Gasteiger partial charge is 0.372 e. The van der Waals surface area contributed by atoms with Crippen molar-refractivity contribution in [2.24, 2.45) is 0 Å². The van der Waals surface area contributed by atoms with Crippen molar-refractivity contribution in [3.63, 3.8) is 0 Å². The van der Waals surface area contributed by atoms with Gasteiger partial charge < -0.3 is 9.52 Å². The highest BCUT2D eigenvalue weighted by molar-refractivity contribution is 5.86. The Hall–Kier alpha value is -1.33. The fourth-order valence-electron chi connectivity index (χ4n) is 2.53. The normalized spacial score (nSPS) is 20.6. The zero-order chi connectivity index (χ0) is 14.2. The Kier molecular flexibility index (Phi) is 3.69. The molecule has 19 heavy (non-hydrogen) atoms. The van der Waals surface area contributed by atoms with Crippen molar-refractivity contribution in [3.8, 4) is 0 Å². The summed E-state index contributed by atoms with van der Waals surface area (Å²) in [7, 11) is 2.14. The predicted molar refractivity (Wildman–Crippen MR) is 72.4 cm³/mol. The largest absolute Gasteiger partial charge is 0.475 e. The van der Waals surface area contributed by atoms with E-state index in [9.17, 15) is 4.79 Å². The maximum absolute atomic E-state index is 11.0. The molecule has 1 aliphatic rings. The molecule has 0 amide bonds. The number of aromatic carboxylic acids is 1. The summed E-state index contributed by atoms with van der Waals surface area (Å²) in [6.45, 7) is 9.81. The van der Waals surface area contributed by atoms with Gasteiger partial charge in [-0.15, -0.1) is 0 Å². The lowest BCUT2D eigenvalue weighted by Gasteiger charge is -2.45. The molecule has 106 valence electrons. The molecule has 1 fully saturated rings. The minimum absolute atomic E-state index is 0.0587. The molecule has 1 N–H and O–H groups in total. The first-order valence-electron chi connectivity index (χ1n) is 6.56. The number of piperazine rings is 1. The molecule has 2 heterocycles. The zero-order valence-electron chi connectivity index (χ0n) is 12.1. The number of rotatable bonds is 3. The fourth-order valence-corrected chi connectivity index (χ4v) is 2.53. The van der Waals surface area contributed by atoms with Crippen molar-refractivity contribution in [2.45, 2.75) is 32.9 Å². The molecule has 0 spiro atoms. The van der Waals surface area contributed by atoms with Gasteiger partial charge in [-0.2, -0.15) is 0 Å². The number of furan rings is 1. The standard InChI is InChI=1S/C14H22N2O3/c1-10-7-11(19-12(10)13(17)18)8-16-6-5-15(4)14(2,3)9-16/h7H,5-6,8-9H2,1-4H3,(H,17,18). The molecule has 2 rings (SSSR count). The molecule has 0 atom stereocenters. The van der Waals surface area contributed by atoms with Crippen LogP contribution in [0.5, 0.6) is 0 Å². The van der Waals surface area contributed by atoms with Gasteiger partial charge in [-0.3, -0.25) is 9.80 Å². The van der Waals surface area contributed by atoms with Crippen LogP contribution in [0.3, 0.4) is 0 Å². The van der Waals surface area contributed by atoms with Crippen molar-refractivity contribution in [1.29, 1.82) is 0 Å². The summed E-state index contributed by atoms with van der Waals surface area (Å²) in [4.78, 5) is 15.6. The van der Waals surface area contributed by atoms with Crippen molar-refractivity contribution in [3.05, 3.63) is 23.2 Å². The molecule has 1 saturated heterocycles. The van der Waals surface area contributed by atoms with Gasteiger partial charge in [0, 0.05) is 30.7 Å². The molecule has 0 unspecified atom stereocenters. The predicted octanol–water partition coefficient (Wildman–Crippen LogP) is 1.81. The van der Waals surface area contributed by atoms with E-state index in [4.69, 9.17) is 9.52 Å². The average Bonchev–Trinajstić information content (AvgIpc) is 2.64. The second-order valence-electron chi connectivity index (χ2n) is 5.97. The van der Waals surface area contributed by atoms with Crippen LogP contribution in [0.4, 0.5) is 0 Å². The van der Waals surface area contributed by atoms with E-state index in [2.05, 4.69) is 30.7 Å². The molecule has 0 bridgehead atoms. The number of carbonyl (C=O) groups is 1. The van der Waals surface area contributed by atoms with Crippen LogP contribution in [0.2, 0.25) is 0 Å². The zero-order valence-corrected chi connectivity index (χ0v) is 12.1.